The average molecular weight is 467 g/mol. The Morgan fingerprint density at radius 1 is 1.06 bits per heavy atom. The van der Waals surface area contributed by atoms with Gasteiger partial charge in [-0.1, -0.05) is 31.2 Å². The fourth-order valence-electron chi connectivity index (χ4n) is 3.60. The van der Waals surface area contributed by atoms with Crippen molar-refractivity contribution in [1.82, 2.24) is 10.6 Å². The second kappa shape index (κ2) is 11.6. The van der Waals surface area contributed by atoms with Crippen molar-refractivity contribution in [2.45, 2.75) is 45.8 Å². The van der Waals surface area contributed by atoms with E-state index in [1.807, 2.05) is 6.92 Å². The highest BCUT2D eigenvalue weighted by molar-refractivity contribution is 5.80. The number of benzene rings is 2. The molecular weight excluding hydrogens is 437 g/mol. The molecule has 2 amide bonds. The van der Waals surface area contributed by atoms with Gasteiger partial charge in [-0.2, -0.15) is 13.2 Å². The molecule has 2 aromatic rings. The molecule has 0 fully saturated rings. The first-order chi connectivity index (χ1) is 15.7. The summed E-state index contributed by atoms with van der Waals surface area (Å²) < 4.78 is 51.4. The molecule has 1 atom stereocenters. The van der Waals surface area contributed by atoms with Crippen LogP contribution in [-0.4, -0.2) is 32.3 Å². The average Bonchev–Trinajstić information content (AvgIpc) is 2.76. The van der Waals surface area contributed by atoms with Crippen molar-refractivity contribution in [1.29, 1.82) is 0 Å². The summed E-state index contributed by atoms with van der Waals surface area (Å²) in [4.78, 5) is 24.1. The maximum Gasteiger partial charge on any atom is 0.416 e. The van der Waals surface area contributed by atoms with Gasteiger partial charge in [0.15, 0.2) is 0 Å². The number of halogens is 3. The molecule has 2 rings (SSSR count). The van der Waals surface area contributed by atoms with Gasteiger partial charge in [0, 0.05) is 12.1 Å². The van der Waals surface area contributed by atoms with Gasteiger partial charge >= 0.3 is 18.2 Å². The number of hydrogen-bond donors (Lipinski definition) is 2. The number of hydrogen-bond acceptors (Lipinski definition) is 4. The molecule has 9 heteroatoms. The molecule has 2 aromatic carbocycles. The number of methoxy groups -OCH3 is 1. The first-order valence-corrected chi connectivity index (χ1v) is 10.7. The van der Waals surface area contributed by atoms with Crippen molar-refractivity contribution in [3.05, 3.63) is 53.1 Å². The number of nitrogens with one attached hydrogen (secondary N) is 2. The molecule has 0 aliphatic heterocycles. The fourth-order valence-corrected chi connectivity index (χ4v) is 3.60. The molecule has 33 heavy (non-hydrogen) atoms. The van der Waals surface area contributed by atoms with Crippen molar-refractivity contribution in [3.8, 4) is 16.9 Å². The smallest absolute Gasteiger partial charge is 0.416 e. The number of rotatable bonds is 9. The number of carbonyl (C=O) groups is 2. The topological polar surface area (TPSA) is 76.7 Å². The van der Waals surface area contributed by atoms with Crippen LogP contribution in [0, 0.1) is 0 Å². The van der Waals surface area contributed by atoms with E-state index >= 15 is 0 Å². The molecule has 0 heterocycles. The van der Waals surface area contributed by atoms with Crippen molar-refractivity contribution >= 4 is 12.0 Å². The van der Waals surface area contributed by atoms with E-state index in [0.29, 0.717) is 29.7 Å². The molecule has 0 aliphatic carbocycles. The Bertz CT molecular complexity index is 977. The Balaban J connectivity index is 2.66. The predicted molar refractivity (Wildman–Crippen MR) is 119 cm³/mol. The summed E-state index contributed by atoms with van der Waals surface area (Å²) in [6, 6.07) is 8.57. The maximum absolute atomic E-state index is 13.8. The molecule has 0 aromatic heterocycles. The zero-order chi connectivity index (χ0) is 24.6. The molecule has 2 N–H and O–H groups in total. The summed E-state index contributed by atoms with van der Waals surface area (Å²) in [5, 5.41) is 5.56. The molecule has 0 bridgehead atoms. The monoisotopic (exact) mass is 466 g/mol. The van der Waals surface area contributed by atoms with Crippen LogP contribution in [0.1, 0.15) is 49.9 Å². The van der Waals surface area contributed by atoms with Gasteiger partial charge in [0.05, 0.1) is 31.7 Å². The first kappa shape index (κ1) is 26.0. The first-order valence-electron chi connectivity index (χ1n) is 10.7. The number of ether oxygens (including phenoxy) is 2. The summed E-state index contributed by atoms with van der Waals surface area (Å²) in [7, 11) is 1.29. The Hall–Kier alpha value is -3.23. The van der Waals surface area contributed by atoms with Crippen molar-refractivity contribution in [2.24, 2.45) is 0 Å². The molecule has 180 valence electrons. The lowest BCUT2D eigenvalue weighted by Crippen LogP contribution is -2.37. The molecule has 0 radical (unpaired) electrons. The number of carbonyl (C=O) groups excluding carboxylic acids is 2. The molecule has 0 spiro atoms. The van der Waals surface area contributed by atoms with Crippen LogP contribution < -0.4 is 15.4 Å². The second-order valence-corrected chi connectivity index (χ2v) is 7.24. The summed E-state index contributed by atoms with van der Waals surface area (Å²) in [5.41, 5.74) is 0.525. The van der Waals surface area contributed by atoms with E-state index < -0.39 is 30.2 Å². The largest absolute Gasteiger partial charge is 0.496 e. The third-order valence-corrected chi connectivity index (χ3v) is 5.05. The van der Waals surface area contributed by atoms with E-state index in [-0.39, 0.29) is 24.0 Å². The minimum atomic E-state index is -4.68. The Kier molecular flexibility index (Phi) is 9.13. The van der Waals surface area contributed by atoms with Gasteiger partial charge in [0.2, 0.25) is 0 Å². The van der Waals surface area contributed by atoms with Gasteiger partial charge in [0.1, 0.15) is 5.75 Å². The Labute approximate surface area is 191 Å². The summed E-state index contributed by atoms with van der Waals surface area (Å²) in [6.45, 7) is 5.80. The van der Waals surface area contributed by atoms with E-state index in [4.69, 9.17) is 9.47 Å². The van der Waals surface area contributed by atoms with Crippen LogP contribution >= 0.6 is 0 Å². The molecule has 0 saturated carbocycles. The Morgan fingerprint density at radius 3 is 2.33 bits per heavy atom. The van der Waals surface area contributed by atoms with E-state index in [0.717, 1.165) is 6.07 Å². The minimum absolute atomic E-state index is 0.00949. The quantitative estimate of drug-likeness (QED) is 0.495. The van der Waals surface area contributed by atoms with Gasteiger partial charge in [-0.3, -0.25) is 4.79 Å². The minimum Gasteiger partial charge on any atom is -0.496 e. The summed E-state index contributed by atoms with van der Waals surface area (Å²) in [5.74, 6) is -0.744. The molecule has 1 unspecified atom stereocenters. The molecule has 0 aliphatic rings. The van der Waals surface area contributed by atoms with Gasteiger partial charge < -0.3 is 20.1 Å². The van der Waals surface area contributed by atoms with E-state index in [2.05, 4.69) is 10.6 Å². The highest BCUT2D eigenvalue weighted by Gasteiger charge is 2.35. The van der Waals surface area contributed by atoms with E-state index in [9.17, 15) is 22.8 Å². The molecular formula is C24H29F3N2O4. The Morgan fingerprint density at radius 2 is 1.76 bits per heavy atom. The van der Waals surface area contributed by atoms with Gasteiger partial charge in [0.25, 0.3) is 0 Å². The molecule has 6 nitrogen and oxygen atoms in total. The lowest BCUT2D eigenvalue weighted by atomic mass is 9.90. The van der Waals surface area contributed by atoms with Gasteiger partial charge in [-0.15, -0.1) is 0 Å². The second-order valence-electron chi connectivity index (χ2n) is 7.24. The highest BCUT2D eigenvalue weighted by Crippen LogP contribution is 2.42. The number of esters is 1. The van der Waals surface area contributed by atoms with E-state index in [1.165, 1.54) is 13.2 Å². The number of urea groups is 1. The standard InChI is InChI=1S/C24H29F3N2O4/c1-5-20(29-23(31)28-6-2)17-11-9-8-10-16(17)18-12-15(13-22(30)33-7-3)19(24(25,26)27)14-21(18)32-4/h8-12,14,20H,5-7,13H2,1-4H3,(H2,28,29,31). The van der Waals surface area contributed by atoms with Gasteiger partial charge in [-0.25, -0.2) is 4.79 Å². The normalized spacial score (nSPS) is 12.1. The zero-order valence-electron chi connectivity index (χ0n) is 19.1. The van der Waals surface area contributed by atoms with Crippen molar-refractivity contribution in [2.75, 3.05) is 20.3 Å². The van der Waals surface area contributed by atoms with E-state index in [1.54, 1.807) is 38.1 Å². The van der Waals surface area contributed by atoms with Gasteiger partial charge in [-0.05, 0) is 49.1 Å². The van der Waals surface area contributed by atoms with Crippen molar-refractivity contribution < 1.29 is 32.2 Å². The van der Waals surface area contributed by atoms with Crippen LogP contribution in [0.2, 0.25) is 0 Å². The molecule has 0 saturated heterocycles. The maximum atomic E-state index is 13.8. The van der Waals surface area contributed by atoms with Crippen LogP contribution in [0.4, 0.5) is 18.0 Å². The van der Waals surface area contributed by atoms with Crippen molar-refractivity contribution in [3.63, 3.8) is 0 Å². The fraction of sp³-hybridized carbons (Fsp3) is 0.417. The predicted octanol–water partition coefficient (Wildman–Crippen LogP) is 5.26. The van der Waals surface area contributed by atoms with Crippen LogP contribution in [0.3, 0.4) is 0 Å². The highest BCUT2D eigenvalue weighted by atomic mass is 19.4. The van der Waals surface area contributed by atoms with Crippen LogP contribution in [0.5, 0.6) is 5.75 Å². The third-order valence-electron chi connectivity index (χ3n) is 5.05. The SMILES string of the molecule is CCNC(=O)NC(CC)c1ccccc1-c1cc(CC(=O)OCC)c(C(F)(F)F)cc1OC. The lowest BCUT2D eigenvalue weighted by molar-refractivity contribution is -0.143. The zero-order valence-corrected chi connectivity index (χ0v) is 19.1. The lowest BCUT2D eigenvalue weighted by Gasteiger charge is -2.23. The summed E-state index contributed by atoms with van der Waals surface area (Å²) in [6.07, 6.45) is -4.66. The van der Waals surface area contributed by atoms with Crippen LogP contribution in [0.25, 0.3) is 11.1 Å². The van der Waals surface area contributed by atoms with Crippen LogP contribution in [0.15, 0.2) is 36.4 Å². The van der Waals surface area contributed by atoms with Crippen LogP contribution in [-0.2, 0) is 22.1 Å². The summed E-state index contributed by atoms with van der Waals surface area (Å²) >= 11 is 0. The third kappa shape index (κ3) is 6.63. The number of alkyl halides is 3. The number of amides is 2.